The van der Waals surface area contributed by atoms with Gasteiger partial charge >= 0.3 is 0 Å². The van der Waals surface area contributed by atoms with Crippen molar-refractivity contribution in [2.45, 2.75) is 32.7 Å². The average molecular weight is 204 g/mol. The van der Waals surface area contributed by atoms with Crippen molar-refractivity contribution in [3.05, 3.63) is 23.8 Å². The Morgan fingerprint density at radius 2 is 2.07 bits per heavy atom. The third-order valence-electron chi connectivity index (χ3n) is 3.60. The van der Waals surface area contributed by atoms with E-state index in [-0.39, 0.29) is 0 Å². The number of hydrogen-bond acceptors (Lipinski definition) is 2. The highest BCUT2D eigenvalue weighted by Gasteiger charge is 2.31. The Bertz CT molecular complexity index is 356. The molecule has 2 N–H and O–H groups in total. The van der Waals surface area contributed by atoms with Crippen molar-refractivity contribution in [3.63, 3.8) is 0 Å². The van der Waals surface area contributed by atoms with Crippen LogP contribution in [0.25, 0.3) is 0 Å². The van der Waals surface area contributed by atoms with Crippen LogP contribution in [0.5, 0.6) is 0 Å². The minimum absolute atomic E-state index is 0.606. The largest absolute Gasteiger partial charge is 0.397 e. The number of nitrogens with two attached hydrogens (primary N) is 1. The average Bonchev–Trinajstić information content (AvgIpc) is 3.03. The number of para-hydroxylation sites is 1. The second kappa shape index (κ2) is 3.76. The van der Waals surface area contributed by atoms with Crippen molar-refractivity contribution in [3.8, 4) is 0 Å². The first-order valence-electron chi connectivity index (χ1n) is 5.69. The number of aryl methyl sites for hydroxylation is 1. The molecule has 1 fully saturated rings. The van der Waals surface area contributed by atoms with Crippen molar-refractivity contribution >= 4 is 11.4 Å². The molecule has 15 heavy (non-hydrogen) atoms. The van der Waals surface area contributed by atoms with Crippen LogP contribution in [0.4, 0.5) is 11.4 Å². The third kappa shape index (κ3) is 1.94. The molecule has 0 radical (unpaired) electrons. The standard InChI is InChI=1S/C13H20N2/c1-9-5-4-6-12(13(9)14)15(3)10(2)11-7-8-11/h4-6,10-11H,7-8,14H2,1-3H3. The first kappa shape index (κ1) is 10.3. The van der Waals surface area contributed by atoms with Gasteiger partial charge in [-0.3, -0.25) is 0 Å². The molecule has 0 aromatic heterocycles. The van der Waals surface area contributed by atoms with Gasteiger partial charge in [0.1, 0.15) is 0 Å². The molecular weight excluding hydrogens is 184 g/mol. The monoisotopic (exact) mass is 204 g/mol. The number of anilines is 2. The van der Waals surface area contributed by atoms with E-state index in [4.69, 9.17) is 5.73 Å². The fourth-order valence-electron chi connectivity index (χ4n) is 2.09. The minimum atomic E-state index is 0.606. The van der Waals surface area contributed by atoms with Crippen LogP contribution in [-0.2, 0) is 0 Å². The summed E-state index contributed by atoms with van der Waals surface area (Å²) in [6.07, 6.45) is 2.74. The quantitative estimate of drug-likeness (QED) is 0.767. The summed E-state index contributed by atoms with van der Waals surface area (Å²) in [7, 11) is 2.15. The molecule has 1 aliphatic rings. The Morgan fingerprint density at radius 3 is 2.67 bits per heavy atom. The molecule has 0 saturated heterocycles. The highest BCUT2D eigenvalue weighted by molar-refractivity contribution is 5.71. The predicted molar refractivity (Wildman–Crippen MR) is 66.2 cm³/mol. The zero-order chi connectivity index (χ0) is 11.0. The molecule has 82 valence electrons. The van der Waals surface area contributed by atoms with Gasteiger partial charge in [0, 0.05) is 13.1 Å². The van der Waals surface area contributed by atoms with Gasteiger partial charge in [-0.25, -0.2) is 0 Å². The normalized spacial score (nSPS) is 17.5. The molecule has 1 aromatic rings. The van der Waals surface area contributed by atoms with Gasteiger partial charge in [0.05, 0.1) is 11.4 Å². The molecule has 1 aromatic carbocycles. The maximum absolute atomic E-state index is 6.10. The molecule has 1 atom stereocenters. The van der Waals surface area contributed by atoms with Gasteiger partial charge in [0.2, 0.25) is 0 Å². The van der Waals surface area contributed by atoms with Crippen molar-refractivity contribution in [2.24, 2.45) is 5.92 Å². The lowest BCUT2D eigenvalue weighted by Crippen LogP contribution is -2.31. The summed E-state index contributed by atoms with van der Waals surface area (Å²) in [4.78, 5) is 2.32. The molecule has 2 heteroatoms. The van der Waals surface area contributed by atoms with E-state index in [0.717, 1.165) is 11.6 Å². The summed E-state index contributed by atoms with van der Waals surface area (Å²) >= 11 is 0. The van der Waals surface area contributed by atoms with Gasteiger partial charge in [-0.1, -0.05) is 12.1 Å². The van der Waals surface area contributed by atoms with E-state index >= 15 is 0 Å². The minimum Gasteiger partial charge on any atom is -0.397 e. The van der Waals surface area contributed by atoms with Crippen LogP contribution in [0, 0.1) is 12.8 Å². The topological polar surface area (TPSA) is 29.3 Å². The maximum Gasteiger partial charge on any atom is 0.0602 e. The highest BCUT2D eigenvalue weighted by Crippen LogP contribution is 2.37. The molecule has 1 saturated carbocycles. The molecule has 2 nitrogen and oxygen atoms in total. The summed E-state index contributed by atoms with van der Waals surface area (Å²) in [6, 6.07) is 6.86. The number of hydrogen-bond donors (Lipinski definition) is 1. The fourth-order valence-corrected chi connectivity index (χ4v) is 2.09. The lowest BCUT2D eigenvalue weighted by Gasteiger charge is -2.28. The Kier molecular flexibility index (Phi) is 2.59. The third-order valence-corrected chi connectivity index (χ3v) is 3.60. The summed E-state index contributed by atoms with van der Waals surface area (Å²) in [6.45, 7) is 4.36. The van der Waals surface area contributed by atoms with Crippen LogP contribution in [0.15, 0.2) is 18.2 Å². The predicted octanol–water partition coefficient (Wildman–Crippen LogP) is 2.81. The van der Waals surface area contributed by atoms with E-state index in [2.05, 4.69) is 44.0 Å². The number of benzene rings is 1. The van der Waals surface area contributed by atoms with Gasteiger partial charge in [0.25, 0.3) is 0 Å². The SMILES string of the molecule is Cc1cccc(N(C)C(C)C2CC2)c1N. The number of nitrogens with zero attached hydrogens (tertiary/aromatic N) is 1. The van der Waals surface area contributed by atoms with Gasteiger partial charge in [-0.05, 0) is 44.2 Å². The maximum atomic E-state index is 6.10. The van der Waals surface area contributed by atoms with Crippen LogP contribution >= 0.6 is 0 Å². The first-order valence-corrected chi connectivity index (χ1v) is 5.69. The van der Waals surface area contributed by atoms with E-state index in [1.54, 1.807) is 0 Å². The number of nitrogen functional groups attached to an aromatic ring is 1. The van der Waals surface area contributed by atoms with E-state index in [1.165, 1.54) is 24.1 Å². The summed E-state index contributed by atoms with van der Waals surface area (Å²) in [5.74, 6) is 0.870. The molecule has 1 aliphatic carbocycles. The van der Waals surface area contributed by atoms with Gasteiger partial charge in [-0.2, -0.15) is 0 Å². The van der Waals surface area contributed by atoms with Crippen molar-refractivity contribution in [1.29, 1.82) is 0 Å². The second-order valence-electron chi connectivity index (χ2n) is 4.70. The smallest absolute Gasteiger partial charge is 0.0602 e. The van der Waals surface area contributed by atoms with Crippen molar-refractivity contribution in [1.82, 2.24) is 0 Å². The first-order chi connectivity index (χ1) is 7.11. The Labute approximate surface area is 92.1 Å². The van der Waals surface area contributed by atoms with E-state index < -0.39 is 0 Å². The number of rotatable bonds is 3. The molecule has 1 unspecified atom stereocenters. The van der Waals surface area contributed by atoms with Crippen LogP contribution in [-0.4, -0.2) is 13.1 Å². The van der Waals surface area contributed by atoms with Gasteiger partial charge in [0.15, 0.2) is 0 Å². The van der Waals surface area contributed by atoms with Crippen LogP contribution in [0.2, 0.25) is 0 Å². The molecule has 0 heterocycles. The summed E-state index contributed by atoms with van der Waals surface area (Å²) in [5, 5.41) is 0. The summed E-state index contributed by atoms with van der Waals surface area (Å²) < 4.78 is 0. The Balaban J connectivity index is 2.24. The lowest BCUT2D eigenvalue weighted by molar-refractivity contribution is 0.610. The van der Waals surface area contributed by atoms with E-state index in [0.29, 0.717) is 6.04 Å². The Hall–Kier alpha value is -1.18. The highest BCUT2D eigenvalue weighted by atomic mass is 15.1. The summed E-state index contributed by atoms with van der Waals surface area (Å²) in [5.41, 5.74) is 9.37. The van der Waals surface area contributed by atoms with E-state index in [9.17, 15) is 0 Å². The second-order valence-corrected chi connectivity index (χ2v) is 4.70. The molecular formula is C13H20N2. The van der Waals surface area contributed by atoms with E-state index in [1.807, 2.05) is 0 Å². The zero-order valence-corrected chi connectivity index (χ0v) is 9.83. The van der Waals surface area contributed by atoms with Crippen LogP contribution in [0.1, 0.15) is 25.3 Å². The molecule has 0 bridgehead atoms. The molecule has 0 spiro atoms. The molecule has 0 amide bonds. The zero-order valence-electron chi connectivity index (χ0n) is 9.83. The van der Waals surface area contributed by atoms with Crippen molar-refractivity contribution in [2.75, 3.05) is 17.7 Å². The van der Waals surface area contributed by atoms with Gasteiger partial charge in [-0.15, -0.1) is 0 Å². The van der Waals surface area contributed by atoms with Gasteiger partial charge < -0.3 is 10.6 Å². The molecule has 0 aliphatic heterocycles. The molecule has 2 rings (SSSR count). The lowest BCUT2D eigenvalue weighted by atomic mass is 10.1. The fraction of sp³-hybridized carbons (Fsp3) is 0.538. The van der Waals surface area contributed by atoms with Crippen LogP contribution in [0.3, 0.4) is 0 Å². The van der Waals surface area contributed by atoms with Crippen molar-refractivity contribution < 1.29 is 0 Å². The van der Waals surface area contributed by atoms with Crippen LogP contribution < -0.4 is 10.6 Å². The Morgan fingerprint density at radius 1 is 1.40 bits per heavy atom.